The number of amides is 1. The average molecular weight is 444 g/mol. The van der Waals surface area contributed by atoms with Crippen LogP contribution in [0.15, 0.2) is 69.8 Å². The molecule has 0 saturated carbocycles. The summed E-state index contributed by atoms with van der Waals surface area (Å²) in [5.74, 6) is -1.30. The molecule has 6 nitrogen and oxygen atoms in total. The summed E-state index contributed by atoms with van der Waals surface area (Å²) in [6.45, 7) is 1.96. The minimum absolute atomic E-state index is 0.234. The van der Waals surface area contributed by atoms with Crippen LogP contribution in [0.4, 0.5) is 10.1 Å². The van der Waals surface area contributed by atoms with Crippen molar-refractivity contribution < 1.29 is 18.7 Å². The Morgan fingerprint density at radius 1 is 1.13 bits per heavy atom. The molecule has 0 unspecified atom stereocenters. The number of rotatable bonds is 7. The van der Waals surface area contributed by atoms with Gasteiger partial charge >= 0.3 is 5.97 Å². The van der Waals surface area contributed by atoms with Gasteiger partial charge in [0.25, 0.3) is 5.91 Å². The van der Waals surface area contributed by atoms with Gasteiger partial charge in [0, 0.05) is 16.7 Å². The molecule has 1 heterocycles. The number of ether oxygens (including phenoxy) is 1. The van der Waals surface area contributed by atoms with Crippen molar-refractivity contribution in [2.24, 2.45) is 0 Å². The maximum Gasteiger partial charge on any atom is 0.342 e. The topological polar surface area (TPSA) is 81.2 Å². The van der Waals surface area contributed by atoms with Gasteiger partial charge < -0.3 is 10.1 Å². The Kier molecular flexibility index (Phi) is 7.42. The normalized spacial score (nSPS) is 10.5. The number of para-hydroxylation sites is 1. The van der Waals surface area contributed by atoms with Crippen LogP contribution in [0.25, 0.3) is 0 Å². The first-order valence-corrected chi connectivity index (χ1v) is 11.0. The van der Waals surface area contributed by atoms with E-state index < -0.39 is 11.8 Å². The quantitative estimate of drug-likeness (QED) is 0.240. The Bertz CT molecular complexity index is 1060. The second-order valence-corrected chi connectivity index (χ2v) is 7.66. The summed E-state index contributed by atoms with van der Waals surface area (Å²) in [6, 6.07) is 12.4. The summed E-state index contributed by atoms with van der Waals surface area (Å²) in [6.07, 6.45) is 3.28. The fourth-order valence-electron chi connectivity index (χ4n) is 2.43. The SMILES string of the molecule is CCOC(=O)c1cnc(SC)nc1Sc1ccccc1NC(=O)c1ccc(F)cc1. The van der Waals surface area contributed by atoms with E-state index in [9.17, 15) is 14.0 Å². The van der Waals surface area contributed by atoms with Crippen molar-refractivity contribution in [3.8, 4) is 0 Å². The largest absolute Gasteiger partial charge is 0.462 e. The van der Waals surface area contributed by atoms with E-state index in [1.807, 2.05) is 12.3 Å². The second-order valence-electron chi connectivity index (χ2n) is 5.86. The van der Waals surface area contributed by atoms with Gasteiger partial charge in [-0.3, -0.25) is 4.79 Å². The molecule has 0 aliphatic rings. The number of nitrogens with zero attached hydrogens (tertiary/aromatic N) is 2. The van der Waals surface area contributed by atoms with Gasteiger partial charge in [-0.25, -0.2) is 19.2 Å². The number of thioether (sulfide) groups is 1. The van der Waals surface area contributed by atoms with Gasteiger partial charge in [0.15, 0.2) is 5.16 Å². The zero-order chi connectivity index (χ0) is 21.5. The molecule has 2 aromatic carbocycles. The highest BCUT2D eigenvalue weighted by Gasteiger charge is 2.19. The Morgan fingerprint density at radius 3 is 2.57 bits per heavy atom. The van der Waals surface area contributed by atoms with E-state index in [1.54, 1.807) is 25.1 Å². The van der Waals surface area contributed by atoms with Crippen LogP contribution >= 0.6 is 23.5 Å². The van der Waals surface area contributed by atoms with E-state index in [4.69, 9.17) is 4.74 Å². The molecule has 9 heteroatoms. The Morgan fingerprint density at radius 2 is 1.87 bits per heavy atom. The molecule has 154 valence electrons. The predicted molar refractivity (Wildman–Crippen MR) is 115 cm³/mol. The van der Waals surface area contributed by atoms with Gasteiger partial charge in [0.05, 0.1) is 12.3 Å². The Hall–Kier alpha value is -2.91. The molecule has 0 atom stereocenters. The Labute approximate surface area is 181 Å². The minimum Gasteiger partial charge on any atom is -0.462 e. The van der Waals surface area contributed by atoms with Crippen LogP contribution in [0.5, 0.6) is 0 Å². The lowest BCUT2D eigenvalue weighted by Crippen LogP contribution is -2.12. The molecule has 0 radical (unpaired) electrons. The number of nitrogens with one attached hydrogen (secondary N) is 1. The van der Waals surface area contributed by atoms with Crippen LogP contribution in [0.3, 0.4) is 0 Å². The van der Waals surface area contributed by atoms with Crippen molar-refractivity contribution in [1.82, 2.24) is 9.97 Å². The number of hydrogen-bond donors (Lipinski definition) is 1. The summed E-state index contributed by atoms with van der Waals surface area (Å²) < 4.78 is 18.2. The lowest BCUT2D eigenvalue weighted by molar-refractivity contribution is 0.0520. The van der Waals surface area contributed by atoms with Crippen molar-refractivity contribution in [2.45, 2.75) is 22.0 Å². The molecule has 0 aliphatic heterocycles. The number of carbonyl (C=O) groups excluding carboxylic acids is 2. The first-order chi connectivity index (χ1) is 14.5. The molecular weight excluding hydrogens is 425 g/mol. The van der Waals surface area contributed by atoms with Crippen molar-refractivity contribution in [1.29, 1.82) is 0 Å². The molecule has 0 spiro atoms. The standard InChI is InChI=1S/C21H18FN3O3S2/c1-3-28-20(27)15-12-23-21(29-2)25-19(15)30-17-7-5-4-6-16(17)24-18(26)13-8-10-14(22)11-9-13/h4-12H,3H2,1-2H3,(H,24,26). The van der Waals surface area contributed by atoms with E-state index in [0.717, 1.165) is 0 Å². The van der Waals surface area contributed by atoms with Gasteiger partial charge in [-0.2, -0.15) is 0 Å². The smallest absolute Gasteiger partial charge is 0.342 e. The lowest BCUT2D eigenvalue weighted by Gasteiger charge is -2.12. The van der Waals surface area contributed by atoms with E-state index in [2.05, 4.69) is 15.3 Å². The third-order valence-corrected chi connectivity index (χ3v) is 5.50. The number of esters is 1. The van der Waals surface area contributed by atoms with Gasteiger partial charge in [-0.15, -0.1) is 0 Å². The summed E-state index contributed by atoms with van der Waals surface area (Å²) in [7, 11) is 0. The highest BCUT2D eigenvalue weighted by molar-refractivity contribution is 7.99. The molecule has 30 heavy (non-hydrogen) atoms. The van der Waals surface area contributed by atoms with Crippen LogP contribution in [-0.2, 0) is 4.74 Å². The summed E-state index contributed by atoms with van der Waals surface area (Å²) in [4.78, 5) is 34.1. The number of halogens is 1. The monoisotopic (exact) mass is 443 g/mol. The van der Waals surface area contributed by atoms with Crippen LogP contribution in [0, 0.1) is 5.82 Å². The number of benzene rings is 2. The fraction of sp³-hybridized carbons (Fsp3) is 0.143. The lowest BCUT2D eigenvalue weighted by atomic mass is 10.2. The van der Waals surface area contributed by atoms with Gasteiger partial charge in [-0.05, 0) is 49.6 Å². The van der Waals surface area contributed by atoms with E-state index >= 15 is 0 Å². The van der Waals surface area contributed by atoms with Gasteiger partial charge in [0.2, 0.25) is 0 Å². The summed E-state index contributed by atoms with van der Waals surface area (Å²) in [5, 5.41) is 3.76. The molecule has 0 fully saturated rings. The van der Waals surface area contributed by atoms with Crippen LogP contribution < -0.4 is 5.32 Å². The van der Waals surface area contributed by atoms with Crippen molar-refractivity contribution in [3.63, 3.8) is 0 Å². The highest BCUT2D eigenvalue weighted by atomic mass is 32.2. The van der Waals surface area contributed by atoms with E-state index in [1.165, 1.54) is 54.0 Å². The maximum absolute atomic E-state index is 13.1. The molecule has 3 aromatic rings. The molecular formula is C21H18FN3O3S2. The molecule has 1 amide bonds. The first-order valence-electron chi connectivity index (χ1n) is 8.93. The maximum atomic E-state index is 13.1. The van der Waals surface area contributed by atoms with Crippen LogP contribution in [0.2, 0.25) is 0 Å². The van der Waals surface area contributed by atoms with Crippen LogP contribution in [-0.4, -0.2) is 34.7 Å². The van der Waals surface area contributed by atoms with E-state index in [0.29, 0.717) is 26.3 Å². The molecule has 0 saturated heterocycles. The Balaban J connectivity index is 1.90. The third kappa shape index (κ3) is 5.37. The number of hydrogen-bond acceptors (Lipinski definition) is 7. The molecule has 1 N–H and O–H groups in total. The molecule has 0 aliphatic carbocycles. The van der Waals surface area contributed by atoms with Crippen LogP contribution in [0.1, 0.15) is 27.6 Å². The zero-order valence-electron chi connectivity index (χ0n) is 16.2. The number of carbonyl (C=O) groups is 2. The minimum atomic E-state index is -0.513. The van der Waals surface area contributed by atoms with E-state index in [-0.39, 0.29) is 18.1 Å². The average Bonchev–Trinajstić information content (AvgIpc) is 2.75. The second kappa shape index (κ2) is 10.2. The number of aromatic nitrogens is 2. The molecule has 0 bridgehead atoms. The molecule has 3 rings (SSSR count). The molecule has 1 aromatic heterocycles. The summed E-state index contributed by atoms with van der Waals surface area (Å²) >= 11 is 2.58. The zero-order valence-corrected chi connectivity index (χ0v) is 17.8. The predicted octanol–water partition coefficient (Wildman–Crippen LogP) is 4.92. The summed E-state index contributed by atoms with van der Waals surface area (Å²) in [5.41, 5.74) is 1.12. The van der Waals surface area contributed by atoms with Gasteiger partial charge in [-0.1, -0.05) is 35.7 Å². The van der Waals surface area contributed by atoms with Gasteiger partial charge in [0.1, 0.15) is 16.4 Å². The van der Waals surface area contributed by atoms with Crippen molar-refractivity contribution >= 4 is 41.1 Å². The third-order valence-electron chi connectivity index (χ3n) is 3.86. The van der Waals surface area contributed by atoms with Crippen molar-refractivity contribution in [2.75, 3.05) is 18.2 Å². The number of anilines is 1. The first kappa shape index (κ1) is 21.8. The highest BCUT2D eigenvalue weighted by Crippen LogP contribution is 2.35. The fourth-order valence-corrected chi connectivity index (χ4v) is 3.80. The van der Waals surface area contributed by atoms with Crippen molar-refractivity contribution in [3.05, 3.63) is 71.7 Å².